The van der Waals surface area contributed by atoms with E-state index in [9.17, 15) is 0 Å². The Kier molecular flexibility index (Phi) is 7.35. The number of rotatable bonds is 6. The topological polar surface area (TPSA) is 49.3 Å². The number of guanidine groups is 1. The van der Waals surface area contributed by atoms with E-state index < -0.39 is 0 Å². The van der Waals surface area contributed by atoms with Gasteiger partial charge in [0.25, 0.3) is 0 Å². The van der Waals surface area contributed by atoms with Gasteiger partial charge in [0.15, 0.2) is 5.96 Å². The van der Waals surface area contributed by atoms with Crippen molar-refractivity contribution in [3.8, 4) is 0 Å². The molecule has 6 nitrogen and oxygen atoms in total. The smallest absolute Gasteiger partial charge is 0.193 e. The van der Waals surface area contributed by atoms with Crippen LogP contribution in [0.1, 0.15) is 24.0 Å². The molecule has 0 saturated carbocycles. The first-order valence-corrected chi connectivity index (χ1v) is 10.1. The van der Waals surface area contributed by atoms with Crippen LogP contribution in [0.4, 0.5) is 5.69 Å². The molecule has 6 heteroatoms. The molecule has 2 aliphatic heterocycles. The quantitative estimate of drug-likeness (QED) is 0.470. The summed E-state index contributed by atoms with van der Waals surface area (Å²) in [4.78, 5) is 9.27. The average molecular weight is 375 g/mol. The molecular weight excluding hydrogens is 340 g/mol. The third kappa shape index (κ3) is 5.36. The first-order valence-electron chi connectivity index (χ1n) is 10.1. The lowest BCUT2D eigenvalue weighted by molar-refractivity contribution is 0.0190. The van der Waals surface area contributed by atoms with Gasteiger partial charge < -0.3 is 24.6 Å². The van der Waals surface area contributed by atoms with E-state index in [-0.39, 0.29) is 0 Å². The van der Waals surface area contributed by atoms with E-state index in [1.54, 1.807) is 0 Å². The number of anilines is 1. The van der Waals surface area contributed by atoms with Crippen LogP contribution in [0, 0.1) is 13.8 Å². The van der Waals surface area contributed by atoms with Crippen molar-refractivity contribution in [1.82, 2.24) is 10.2 Å². The van der Waals surface area contributed by atoms with Crippen LogP contribution < -0.4 is 10.2 Å². The summed E-state index contributed by atoms with van der Waals surface area (Å²) in [5, 5.41) is 3.43. The summed E-state index contributed by atoms with van der Waals surface area (Å²) < 4.78 is 11.3. The molecule has 1 N–H and O–H groups in total. The fraction of sp³-hybridized carbons (Fsp3) is 0.667. The minimum absolute atomic E-state index is 0.294. The van der Waals surface area contributed by atoms with E-state index >= 15 is 0 Å². The zero-order valence-corrected chi connectivity index (χ0v) is 17.0. The van der Waals surface area contributed by atoms with Crippen LogP contribution in [0.3, 0.4) is 0 Å². The molecule has 2 heterocycles. The van der Waals surface area contributed by atoms with Crippen LogP contribution in [0.5, 0.6) is 0 Å². The summed E-state index contributed by atoms with van der Waals surface area (Å²) in [5.41, 5.74) is 4.10. The maximum absolute atomic E-state index is 5.73. The predicted octanol–water partition coefficient (Wildman–Crippen LogP) is 2.20. The molecule has 0 bridgehead atoms. The summed E-state index contributed by atoms with van der Waals surface area (Å²) in [7, 11) is 1.85. The average Bonchev–Trinajstić information content (AvgIpc) is 3.21. The normalized spacial score (nSPS) is 21.0. The van der Waals surface area contributed by atoms with Gasteiger partial charge in [-0.3, -0.25) is 4.99 Å². The molecule has 1 atom stereocenters. The third-order valence-electron chi connectivity index (χ3n) is 5.56. The Hall–Kier alpha value is -1.79. The Labute approximate surface area is 163 Å². The van der Waals surface area contributed by atoms with Gasteiger partial charge in [-0.05, 0) is 43.9 Å². The number of hydrogen-bond acceptors (Lipinski definition) is 4. The summed E-state index contributed by atoms with van der Waals surface area (Å²) in [6.45, 7) is 11.4. The monoisotopic (exact) mass is 374 g/mol. The zero-order valence-electron chi connectivity index (χ0n) is 17.0. The minimum atomic E-state index is 0.294. The first kappa shape index (κ1) is 20.0. The van der Waals surface area contributed by atoms with Crippen molar-refractivity contribution in [2.24, 2.45) is 4.99 Å². The highest BCUT2D eigenvalue weighted by molar-refractivity contribution is 5.80. The number of aryl methyl sites for hydroxylation is 1. The van der Waals surface area contributed by atoms with Gasteiger partial charge in [0, 0.05) is 52.1 Å². The van der Waals surface area contributed by atoms with Gasteiger partial charge in [-0.1, -0.05) is 12.1 Å². The van der Waals surface area contributed by atoms with Crippen molar-refractivity contribution in [3.63, 3.8) is 0 Å². The maximum atomic E-state index is 5.73. The van der Waals surface area contributed by atoms with E-state index in [0.29, 0.717) is 19.3 Å². The van der Waals surface area contributed by atoms with Crippen molar-refractivity contribution in [2.45, 2.75) is 32.8 Å². The summed E-state index contributed by atoms with van der Waals surface area (Å²) in [6, 6.07) is 6.57. The second-order valence-corrected chi connectivity index (χ2v) is 7.38. The van der Waals surface area contributed by atoms with Gasteiger partial charge in [0.1, 0.15) is 0 Å². The molecule has 3 rings (SSSR count). The summed E-state index contributed by atoms with van der Waals surface area (Å²) >= 11 is 0. The SMILES string of the molecule is CN=C(NCCOCC1CCCO1)N1CCN(c2cccc(C)c2C)CC1. The van der Waals surface area contributed by atoms with Crippen molar-refractivity contribution in [2.75, 3.05) is 64.5 Å². The molecular formula is C21H34N4O2. The van der Waals surface area contributed by atoms with Crippen molar-refractivity contribution < 1.29 is 9.47 Å². The fourth-order valence-corrected chi connectivity index (χ4v) is 3.80. The third-order valence-corrected chi connectivity index (χ3v) is 5.56. The van der Waals surface area contributed by atoms with Gasteiger partial charge in [-0.2, -0.15) is 0 Å². The minimum Gasteiger partial charge on any atom is -0.377 e. The predicted molar refractivity (Wildman–Crippen MR) is 111 cm³/mol. The zero-order chi connectivity index (χ0) is 19.1. The number of aliphatic imine (C=N–C) groups is 1. The van der Waals surface area contributed by atoms with Gasteiger partial charge in [0.2, 0.25) is 0 Å². The molecule has 0 radical (unpaired) electrons. The lowest BCUT2D eigenvalue weighted by atomic mass is 10.1. The van der Waals surface area contributed by atoms with Crippen molar-refractivity contribution in [3.05, 3.63) is 29.3 Å². The Morgan fingerprint density at radius 3 is 2.78 bits per heavy atom. The Balaban J connectivity index is 1.40. The van der Waals surface area contributed by atoms with E-state index in [1.165, 1.54) is 16.8 Å². The van der Waals surface area contributed by atoms with E-state index in [0.717, 1.165) is 58.1 Å². The van der Waals surface area contributed by atoms with Crippen LogP contribution in [-0.4, -0.2) is 76.6 Å². The van der Waals surface area contributed by atoms with Crippen LogP contribution in [-0.2, 0) is 9.47 Å². The standard InChI is InChI=1S/C21H34N4O2/c1-17-6-4-8-20(18(17)2)24-10-12-25(13-11-24)21(22-3)23-9-15-26-16-19-7-5-14-27-19/h4,6,8,19H,5,7,9-16H2,1-3H3,(H,22,23). The van der Waals surface area contributed by atoms with Gasteiger partial charge in [-0.25, -0.2) is 0 Å². The van der Waals surface area contributed by atoms with Gasteiger partial charge in [0.05, 0.1) is 19.3 Å². The van der Waals surface area contributed by atoms with E-state index in [4.69, 9.17) is 9.47 Å². The molecule has 0 amide bonds. The van der Waals surface area contributed by atoms with E-state index in [1.807, 2.05) is 7.05 Å². The highest BCUT2D eigenvalue weighted by atomic mass is 16.5. The van der Waals surface area contributed by atoms with Crippen LogP contribution in [0.25, 0.3) is 0 Å². The lowest BCUT2D eigenvalue weighted by Crippen LogP contribution is -2.53. The molecule has 1 aromatic carbocycles. The van der Waals surface area contributed by atoms with E-state index in [2.05, 4.69) is 52.2 Å². The number of benzene rings is 1. The van der Waals surface area contributed by atoms with Gasteiger partial charge >= 0.3 is 0 Å². The summed E-state index contributed by atoms with van der Waals surface area (Å²) in [5.74, 6) is 0.969. The molecule has 1 unspecified atom stereocenters. The largest absolute Gasteiger partial charge is 0.377 e. The van der Waals surface area contributed by atoms with Crippen LogP contribution >= 0.6 is 0 Å². The number of piperazine rings is 1. The number of hydrogen-bond donors (Lipinski definition) is 1. The first-order chi connectivity index (χ1) is 13.2. The Bertz CT molecular complexity index is 621. The Morgan fingerprint density at radius 1 is 1.26 bits per heavy atom. The number of ether oxygens (including phenoxy) is 2. The molecule has 2 saturated heterocycles. The molecule has 1 aromatic rings. The van der Waals surface area contributed by atoms with Crippen molar-refractivity contribution in [1.29, 1.82) is 0 Å². The molecule has 0 aromatic heterocycles. The highest BCUT2D eigenvalue weighted by Crippen LogP contribution is 2.23. The molecule has 0 spiro atoms. The number of nitrogens with one attached hydrogen (secondary N) is 1. The van der Waals surface area contributed by atoms with Crippen LogP contribution in [0.2, 0.25) is 0 Å². The molecule has 2 fully saturated rings. The second kappa shape index (κ2) is 9.95. The van der Waals surface area contributed by atoms with Gasteiger partial charge in [-0.15, -0.1) is 0 Å². The summed E-state index contributed by atoms with van der Waals surface area (Å²) in [6.07, 6.45) is 2.58. The lowest BCUT2D eigenvalue weighted by Gasteiger charge is -2.38. The molecule has 150 valence electrons. The Morgan fingerprint density at radius 2 is 2.07 bits per heavy atom. The molecule has 2 aliphatic rings. The number of nitrogens with zero attached hydrogens (tertiary/aromatic N) is 3. The second-order valence-electron chi connectivity index (χ2n) is 7.38. The molecule has 27 heavy (non-hydrogen) atoms. The highest BCUT2D eigenvalue weighted by Gasteiger charge is 2.21. The fourth-order valence-electron chi connectivity index (χ4n) is 3.80. The van der Waals surface area contributed by atoms with Crippen LogP contribution in [0.15, 0.2) is 23.2 Å². The van der Waals surface area contributed by atoms with Crippen molar-refractivity contribution >= 4 is 11.6 Å². The molecule has 0 aliphatic carbocycles. The maximum Gasteiger partial charge on any atom is 0.193 e.